The Balaban J connectivity index is 1.65. The molecule has 2 amide bonds. The molecule has 0 fully saturated rings. The minimum Gasteiger partial charge on any atom is -0.484 e. The quantitative estimate of drug-likeness (QED) is 0.483. The van der Waals surface area contributed by atoms with Crippen molar-refractivity contribution in [2.45, 2.75) is 20.0 Å². The van der Waals surface area contributed by atoms with Crippen molar-refractivity contribution in [2.24, 2.45) is 7.05 Å². The first-order valence-corrected chi connectivity index (χ1v) is 10.3. The van der Waals surface area contributed by atoms with Gasteiger partial charge in [-0.1, -0.05) is 34.5 Å². The van der Waals surface area contributed by atoms with Crippen LogP contribution in [0.5, 0.6) is 5.75 Å². The molecule has 0 aliphatic rings. The van der Waals surface area contributed by atoms with Gasteiger partial charge in [-0.2, -0.15) is 5.10 Å². The number of hydrogen-bond donors (Lipinski definition) is 2. The van der Waals surface area contributed by atoms with Crippen LogP contribution < -0.4 is 15.4 Å². The lowest BCUT2D eigenvalue weighted by Gasteiger charge is -2.08. The van der Waals surface area contributed by atoms with Crippen LogP contribution in [-0.2, 0) is 13.7 Å². The predicted molar refractivity (Wildman–Crippen MR) is 116 cm³/mol. The van der Waals surface area contributed by atoms with Gasteiger partial charge in [0.25, 0.3) is 11.8 Å². The van der Waals surface area contributed by atoms with Crippen molar-refractivity contribution in [2.75, 3.05) is 11.9 Å². The second-order valence-electron chi connectivity index (χ2n) is 6.37. The van der Waals surface area contributed by atoms with Crippen LogP contribution in [0, 0.1) is 0 Å². The summed E-state index contributed by atoms with van der Waals surface area (Å²) in [5.41, 5.74) is 0.559. The van der Waals surface area contributed by atoms with Gasteiger partial charge in [0, 0.05) is 18.1 Å². The van der Waals surface area contributed by atoms with E-state index in [0.29, 0.717) is 28.8 Å². The van der Waals surface area contributed by atoms with Crippen LogP contribution in [0.15, 0.2) is 45.4 Å². The third-order valence-corrected chi connectivity index (χ3v) is 4.88. The molecule has 0 spiro atoms. The second kappa shape index (κ2) is 9.82. The van der Waals surface area contributed by atoms with E-state index in [-0.39, 0.29) is 24.0 Å². The van der Waals surface area contributed by atoms with Gasteiger partial charge >= 0.3 is 0 Å². The molecule has 0 saturated heterocycles. The first-order valence-electron chi connectivity index (χ1n) is 9.17. The van der Waals surface area contributed by atoms with Gasteiger partial charge in [0.15, 0.2) is 5.76 Å². The molecule has 10 heteroatoms. The van der Waals surface area contributed by atoms with E-state index in [0.717, 1.165) is 10.9 Å². The molecule has 1 aromatic carbocycles. The molecule has 0 bridgehead atoms. The van der Waals surface area contributed by atoms with E-state index in [2.05, 4.69) is 31.7 Å². The number of hydrogen-bond acceptors (Lipinski definition) is 5. The summed E-state index contributed by atoms with van der Waals surface area (Å²) in [4.78, 5) is 24.9. The van der Waals surface area contributed by atoms with Gasteiger partial charge < -0.3 is 19.8 Å². The summed E-state index contributed by atoms with van der Waals surface area (Å²) < 4.78 is 13.4. The van der Waals surface area contributed by atoms with Gasteiger partial charge in [-0.3, -0.25) is 14.3 Å². The normalized spacial score (nSPS) is 10.7. The number of nitrogens with one attached hydrogen (secondary N) is 2. The minimum absolute atomic E-state index is 0.0827. The molecule has 3 rings (SSSR count). The van der Waals surface area contributed by atoms with Crippen molar-refractivity contribution in [1.29, 1.82) is 0 Å². The summed E-state index contributed by atoms with van der Waals surface area (Å²) in [6.45, 7) is 2.59. The molecule has 3 aromatic rings. The van der Waals surface area contributed by atoms with Crippen molar-refractivity contribution in [3.8, 4) is 5.75 Å². The summed E-state index contributed by atoms with van der Waals surface area (Å²) in [7, 11) is 1.63. The van der Waals surface area contributed by atoms with Crippen LogP contribution >= 0.6 is 27.5 Å². The number of ether oxygens (including phenoxy) is 1. The molecule has 0 radical (unpaired) electrons. The number of anilines is 1. The molecule has 2 aromatic heterocycles. The Morgan fingerprint density at radius 1 is 1.27 bits per heavy atom. The smallest absolute Gasteiger partial charge is 0.291 e. The van der Waals surface area contributed by atoms with Gasteiger partial charge in [-0.05, 0) is 36.8 Å². The van der Waals surface area contributed by atoms with Crippen LogP contribution in [0.3, 0.4) is 0 Å². The number of halogens is 2. The van der Waals surface area contributed by atoms with Crippen LogP contribution in [0.25, 0.3) is 0 Å². The van der Waals surface area contributed by atoms with Gasteiger partial charge in [0.05, 0.1) is 16.9 Å². The molecule has 0 unspecified atom stereocenters. The Kier molecular flexibility index (Phi) is 7.17. The predicted octanol–water partition coefficient (Wildman–Crippen LogP) is 4.40. The van der Waals surface area contributed by atoms with E-state index in [1.807, 2.05) is 13.0 Å². The molecule has 0 saturated carbocycles. The first-order chi connectivity index (χ1) is 14.4. The van der Waals surface area contributed by atoms with Crippen molar-refractivity contribution in [3.63, 3.8) is 0 Å². The third-order valence-electron chi connectivity index (χ3n) is 4.09. The largest absolute Gasteiger partial charge is 0.484 e. The number of aryl methyl sites for hydroxylation is 1. The van der Waals surface area contributed by atoms with Gasteiger partial charge in [0.2, 0.25) is 0 Å². The molecule has 2 heterocycles. The average Bonchev–Trinajstić information content (AvgIpc) is 3.32. The maximum absolute atomic E-state index is 12.6. The Morgan fingerprint density at radius 2 is 2.07 bits per heavy atom. The van der Waals surface area contributed by atoms with Gasteiger partial charge in [-0.25, -0.2) is 0 Å². The Bertz CT molecular complexity index is 1060. The zero-order valence-corrected chi connectivity index (χ0v) is 18.7. The zero-order valence-electron chi connectivity index (χ0n) is 16.4. The molecule has 0 atom stereocenters. The standard InChI is InChI=1S/C20H20BrClN4O4/c1-3-8-23-20(28)18-15(10-24-26(18)2)25-19(27)17-7-5-13(30-17)11-29-16-6-4-12(21)9-14(16)22/h4-7,9-10H,3,8,11H2,1-2H3,(H,23,28)(H,25,27). The highest BCUT2D eigenvalue weighted by Gasteiger charge is 2.20. The molecule has 158 valence electrons. The number of rotatable bonds is 8. The summed E-state index contributed by atoms with van der Waals surface area (Å²) in [6, 6.07) is 8.44. The van der Waals surface area contributed by atoms with E-state index in [9.17, 15) is 9.59 Å². The summed E-state index contributed by atoms with van der Waals surface area (Å²) in [5.74, 6) is 0.221. The number of benzene rings is 1. The lowest BCUT2D eigenvalue weighted by Crippen LogP contribution is -2.27. The number of amides is 2. The highest BCUT2D eigenvalue weighted by molar-refractivity contribution is 9.10. The van der Waals surface area contributed by atoms with Crippen molar-refractivity contribution in [1.82, 2.24) is 15.1 Å². The van der Waals surface area contributed by atoms with Crippen LogP contribution in [0.4, 0.5) is 5.69 Å². The fraction of sp³-hybridized carbons (Fsp3) is 0.250. The maximum Gasteiger partial charge on any atom is 0.291 e. The lowest BCUT2D eigenvalue weighted by molar-refractivity contribution is 0.0945. The van der Waals surface area contributed by atoms with Crippen LogP contribution in [0.2, 0.25) is 5.02 Å². The topological polar surface area (TPSA) is 98.4 Å². The number of nitrogens with zero attached hydrogens (tertiary/aromatic N) is 2. The Labute approximate surface area is 186 Å². The summed E-state index contributed by atoms with van der Waals surface area (Å²) in [6.07, 6.45) is 2.22. The van der Waals surface area contributed by atoms with E-state index in [4.69, 9.17) is 20.8 Å². The number of furan rings is 1. The first kappa shape index (κ1) is 21.9. The van der Waals surface area contributed by atoms with Crippen LogP contribution in [-0.4, -0.2) is 28.1 Å². The fourth-order valence-electron chi connectivity index (χ4n) is 2.62. The van der Waals surface area contributed by atoms with Crippen molar-refractivity contribution >= 4 is 45.0 Å². The number of carbonyl (C=O) groups excluding carboxylic acids is 2. The van der Waals surface area contributed by atoms with Crippen molar-refractivity contribution < 1.29 is 18.7 Å². The second-order valence-corrected chi connectivity index (χ2v) is 7.69. The SMILES string of the molecule is CCCNC(=O)c1c(NC(=O)c2ccc(COc3ccc(Br)cc3Cl)o2)cnn1C. The molecule has 0 aliphatic carbocycles. The Morgan fingerprint density at radius 3 is 2.80 bits per heavy atom. The number of aromatic nitrogens is 2. The average molecular weight is 496 g/mol. The number of carbonyl (C=O) groups is 2. The molecule has 0 aliphatic heterocycles. The van der Waals surface area contributed by atoms with E-state index in [1.54, 1.807) is 25.2 Å². The fourth-order valence-corrected chi connectivity index (χ4v) is 3.35. The molecule has 8 nitrogen and oxygen atoms in total. The zero-order chi connectivity index (χ0) is 21.7. The summed E-state index contributed by atoms with van der Waals surface area (Å²) >= 11 is 9.46. The minimum atomic E-state index is -0.500. The third kappa shape index (κ3) is 5.22. The highest BCUT2D eigenvalue weighted by Crippen LogP contribution is 2.28. The van der Waals surface area contributed by atoms with Gasteiger partial charge in [0.1, 0.15) is 23.8 Å². The van der Waals surface area contributed by atoms with E-state index >= 15 is 0 Å². The highest BCUT2D eigenvalue weighted by atomic mass is 79.9. The van der Waals surface area contributed by atoms with Crippen LogP contribution in [0.1, 0.15) is 40.1 Å². The lowest BCUT2D eigenvalue weighted by atomic mass is 10.3. The summed E-state index contributed by atoms with van der Waals surface area (Å²) in [5, 5.41) is 9.94. The Hall–Kier alpha value is -2.78. The molecule has 2 N–H and O–H groups in total. The molecule has 30 heavy (non-hydrogen) atoms. The van der Waals surface area contributed by atoms with Crippen molar-refractivity contribution in [3.05, 3.63) is 63.2 Å². The monoisotopic (exact) mass is 494 g/mol. The van der Waals surface area contributed by atoms with E-state index in [1.165, 1.54) is 16.9 Å². The van der Waals surface area contributed by atoms with Gasteiger partial charge in [-0.15, -0.1) is 0 Å². The van der Waals surface area contributed by atoms with E-state index < -0.39 is 5.91 Å². The molecular formula is C20H20BrClN4O4. The molecular weight excluding hydrogens is 476 g/mol. The maximum atomic E-state index is 12.6.